The summed E-state index contributed by atoms with van der Waals surface area (Å²) in [7, 11) is 0. The molecule has 4 heterocycles. The number of benzene rings is 1. The van der Waals surface area contributed by atoms with Crippen LogP contribution < -0.4 is 4.90 Å². The first-order valence-electron chi connectivity index (χ1n) is 8.64. The lowest BCUT2D eigenvalue weighted by Gasteiger charge is -2.15. The van der Waals surface area contributed by atoms with Gasteiger partial charge in [-0.05, 0) is 30.5 Å². The average molecular weight is 427 g/mol. The predicted molar refractivity (Wildman–Crippen MR) is 100 cm³/mol. The van der Waals surface area contributed by atoms with Crippen molar-refractivity contribution in [3.05, 3.63) is 45.0 Å². The number of rotatable bonds is 3. The van der Waals surface area contributed by atoms with Crippen LogP contribution in [0.3, 0.4) is 0 Å². The van der Waals surface area contributed by atoms with Crippen molar-refractivity contribution in [2.24, 2.45) is 11.8 Å². The summed E-state index contributed by atoms with van der Waals surface area (Å²) in [6.07, 6.45) is 2.90. The molecule has 6 nitrogen and oxygen atoms in total. The van der Waals surface area contributed by atoms with E-state index in [1.807, 2.05) is 6.07 Å². The molecule has 3 saturated heterocycles. The molecule has 2 amide bonds. The van der Waals surface area contributed by atoms with E-state index >= 15 is 0 Å². The van der Waals surface area contributed by atoms with Crippen molar-refractivity contribution >= 4 is 52.4 Å². The summed E-state index contributed by atoms with van der Waals surface area (Å²) in [6, 6.07) is 5.27. The van der Waals surface area contributed by atoms with Gasteiger partial charge in [0.05, 0.1) is 40.6 Å². The fourth-order valence-electron chi connectivity index (χ4n) is 4.37. The molecule has 2 bridgehead atoms. The molecule has 0 N–H and O–H groups in total. The lowest BCUT2D eigenvalue weighted by molar-refractivity contribution is -0.124. The largest absolute Gasteiger partial charge is 0.373 e. The highest BCUT2D eigenvalue weighted by Crippen LogP contribution is 2.49. The Kier molecular flexibility index (Phi) is 4.02. The Hall–Kier alpha value is -1.60. The van der Waals surface area contributed by atoms with E-state index in [4.69, 9.17) is 39.5 Å². The standard InChI is InChI=1S/C18H14Cl3N3O3/c19-9-2-1-8(5-10(9)20)6-23-7-11(21)16(22-23)24-17(25)14-12-3-4-13(27-12)15(14)18(24)26/h1-2,5,7,12-15H,3-4,6H2/t12-,13-,14-,15+/m0/s1. The molecule has 0 radical (unpaired) electrons. The highest BCUT2D eigenvalue weighted by Gasteiger charge is 2.63. The van der Waals surface area contributed by atoms with Crippen LogP contribution in [0, 0.1) is 11.8 Å². The van der Waals surface area contributed by atoms with Gasteiger partial charge < -0.3 is 4.74 Å². The maximum atomic E-state index is 12.9. The van der Waals surface area contributed by atoms with Crippen LogP contribution in [0.1, 0.15) is 18.4 Å². The van der Waals surface area contributed by atoms with Gasteiger partial charge in [0.25, 0.3) is 0 Å². The summed E-state index contributed by atoms with van der Waals surface area (Å²) in [6.45, 7) is 0.383. The normalized spacial score (nSPS) is 29.1. The van der Waals surface area contributed by atoms with E-state index < -0.39 is 11.8 Å². The Bertz CT molecular complexity index is 948. The van der Waals surface area contributed by atoms with Crippen LogP contribution in [0.5, 0.6) is 0 Å². The number of imide groups is 1. The van der Waals surface area contributed by atoms with E-state index in [1.54, 1.807) is 23.0 Å². The summed E-state index contributed by atoms with van der Waals surface area (Å²) in [5.74, 6) is -1.17. The zero-order valence-electron chi connectivity index (χ0n) is 13.9. The van der Waals surface area contributed by atoms with Crippen LogP contribution in [0.15, 0.2) is 24.4 Å². The van der Waals surface area contributed by atoms with Crippen LogP contribution in [-0.4, -0.2) is 33.8 Å². The molecular formula is C18H14Cl3N3O3. The fourth-order valence-corrected chi connectivity index (χ4v) is 4.92. The van der Waals surface area contributed by atoms with Crippen molar-refractivity contribution in [3.63, 3.8) is 0 Å². The second-order valence-corrected chi connectivity index (χ2v) is 8.32. The van der Waals surface area contributed by atoms with Gasteiger partial charge in [0.2, 0.25) is 11.8 Å². The van der Waals surface area contributed by atoms with Gasteiger partial charge in [-0.1, -0.05) is 40.9 Å². The maximum absolute atomic E-state index is 12.9. The third-order valence-corrected chi connectivity index (χ3v) is 6.53. The van der Waals surface area contributed by atoms with Crippen molar-refractivity contribution in [1.82, 2.24) is 9.78 Å². The van der Waals surface area contributed by atoms with E-state index in [-0.39, 0.29) is 34.9 Å². The van der Waals surface area contributed by atoms with E-state index in [1.165, 1.54) is 0 Å². The fraction of sp³-hybridized carbons (Fsp3) is 0.389. The van der Waals surface area contributed by atoms with Crippen LogP contribution in [-0.2, 0) is 20.9 Å². The quantitative estimate of drug-likeness (QED) is 0.704. The molecular weight excluding hydrogens is 413 g/mol. The van der Waals surface area contributed by atoms with Gasteiger partial charge in [-0.3, -0.25) is 14.3 Å². The van der Waals surface area contributed by atoms with Crippen molar-refractivity contribution in [3.8, 4) is 0 Å². The zero-order valence-corrected chi connectivity index (χ0v) is 16.2. The van der Waals surface area contributed by atoms with Crippen molar-refractivity contribution in [1.29, 1.82) is 0 Å². The number of hydrogen-bond donors (Lipinski definition) is 0. The molecule has 0 saturated carbocycles. The van der Waals surface area contributed by atoms with Gasteiger partial charge in [-0.25, -0.2) is 4.90 Å². The van der Waals surface area contributed by atoms with E-state index in [9.17, 15) is 9.59 Å². The lowest BCUT2D eigenvalue weighted by Crippen LogP contribution is -2.34. The zero-order chi connectivity index (χ0) is 18.9. The maximum Gasteiger partial charge on any atom is 0.241 e. The first-order valence-corrected chi connectivity index (χ1v) is 9.77. The molecule has 3 aliphatic rings. The predicted octanol–water partition coefficient (Wildman–Crippen LogP) is 3.56. The summed E-state index contributed by atoms with van der Waals surface area (Å²) < 4.78 is 7.33. The number of hydrogen-bond acceptors (Lipinski definition) is 4. The summed E-state index contributed by atoms with van der Waals surface area (Å²) >= 11 is 18.3. The second-order valence-electron chi connectivity index (χ2n) is 7.10. The van der Waals surface area contributed by atoms with Crippen molar-refractivity contribution < 1.29 is 14.3 Å². The molecule has 2 aromatic rings. The van der Waals surface area contributed by atoms with Crippen LogP contribution in [0.25, 0.3) is 0 Å². The molecule has 0 spiro atoms. The smallest absolute Gasteiger partial charge is 0.241 e. The molecule has 3 aliphatic heterocycles. The highest BCUT2D eigenvalue weighted by atomic mass is 35.5. The third-order valence-electron chi connectivity index (χ3n) is 5.52. The molecule has 4 atom stereocenters. The Morgan fingerprint density at radius 1 is 1.00 bits per heavy atom. The number of carbonyl (C=O) groups is 2. The lowest BCUT2D eigenvalue weighted by atomic mass is 9.81. The summed E-state index contributed by atoms with van der Waals surface area (Å²) in [5, 5.41) is 5.56. The Labute approximate surface area is 169 Å². The first kappa shape index (κ1) is 17.5. The van der Waals surface area contributed by atoms with Gasteiger partial charge in [0.1, 0.15) is 5.02 Å². The summed E-state index contributed by atoms with van der Waals surface area (Å²) in [4.78, 5) is 26.9. The topological polar surface area (TPSA) is 64.4 Å². The molecule has 27 heavy (non-hydrogen) atoms. The van der Waals surface area contributed by atoms with Gasteiger partial charge in [-0.2, -0.15) is 5.10 Å². The Balaban J connectivity index is 1.44. The highest BCUT2D eigenvalue weighted by molar-refractivity contribution is 6.42. The van der Waals surface area contributed by atoms with E-state index in [0.717, 1.165) is 23.3 Å². The Morgan fingerprint density at radius 3 is 2.30 bits per heavy atom. The molecule has 1 aromatic heterocycles. The minimum absolute atomic E-state index is 0.168. The van der Waals surface area contributed by atoms with Crippen LogP contribution >= 0.6 is 34.8 Å². The monoisotopic (exact) mass is 425 g/mol. The van der Waals surface area contributed by atoms with Gasteiger partial charge in [0, 0.05) is 6.20 Å². The minimum atomic E-state index is -0.410. The molecule has 3 fully saturated rings. The number of anilines is 1. The number of carbonyl (C=O) groups excluding carboxylic acids is 2. The SMILES string of the molecule is O=C1[C@@H]2[C@H](C(=O)N1c1nn(Cc3ccc(Cl)c(Cl)c3)cc1Cl)[C@@H]1CC[C@@H]2O1. The number of nitrogens with zero attached hydrogens (tertiary/aromatic N) is 3. The summed E-state index contributed by atoms with van der Waals surface area (Å²) in [5.41, 5.74) is 0.873. The molecule has 140 valence electrons. The molecule has 9 heteroatoms. The minimum Gasteiger partial charge on any atom is -0.373 e. The van der Waals surface area contributed by atoms with Crippen LogP contribution in [0.4, 0.5) is 5.82 Å². The van der Waals surface area contributed by atoms with Crippen LogP contribution in [0.2, 0.25) is 15.1 Å². The Morgan fingerprint density at radius 2 is 1.67 bits per heavy atom. The van der Waals surface area contributed by atoms with Gasteiger partial charge in [0.15, 0.2) is 5.82 Å². The number of fused-ring (bicyclic) bond motifs is 5. The number of amides is 2. The first-order chi connectivity index (χ1) is 12.9. The molecule has 5 rings (SSSR count). The van der Waals surface area contributed by atoms with Crippen molar-refractivity contribution in [2.75, 3.05) is 4.90 Å². The van der Waals surface area contributed by atoms with Gasteiger partial charge >= 0.3 is 0 Å². The molecule has 0 aliphatic carbocycles. The molecule has 1 aromatic carbocycles. The third kappa shape index (κ3) is 2.62. The molecule has 0 unspecified atom stereocenters. The van der Waals surface area contributed by atoms with E-state index in [0.29, 0.717) is 16.6 Å². The number of ether oxygens (including phenoxy) is 1. The van der Waals surface area contributed by atoms with E-state index in [2.05, 4.69) is 5.10 Å². The van der Waals surface area contributed by atoms with Crippen molar-refractivity contribution in [2.45, 2.75) is 31.6 Å². The number of halogens is 3. The number of aromatic nitrogens is 2. The average Bonchev–Trinajstić information content (AvgIpc) is 3.36. The van der Waals surface area contributed by atoms with Gasteiger partial charge in [-0.15, -0.1) is 0 Å². The second kappa shape index (κ2) is 6.21.